The van der Waals surface area contributed by atoms with Crippen LogP contribution in [0.1, 0.15) is 0 Å². The van der Waals surface area contributed by atoms with Gasteiger partial charge in [0, 0.05) is 6.07 Å². The van der Waals surface area contributed by atoms with Crippen LogP contribution in [-0.4, -0.2) is 31.2 Å². The van der Waals surface area contributed by atoms with E-state index in [9.17, 15) is 14.9 Å². The van der Waals surface area contributed by atoms with Gasteiger partial charge in [0.2, 0.25) is 5.65 Å². The fourth-order valence-electron chi connectivity index (χ4n) is 2.77. The molecule has 26 heavy (non-hydrogen) atoms. The number of rotatable bonds is 3. The molecule has 0 aliphatic heterocycles. The number of nitrogens with two attached hydrogens (primary N) is 1. The summed E-state index contributed by atoms with van der Waals surface area (Å²) in [4.78, 5) is 27.7. The van der Waals surface area contributed by atoms with Gasteiger partial charge in [-0.05, 0) is 30.3 Å². The Bertz CT molecular complexity index is 1230. The van der Waals surface area contributed by atoms with E-state index in [1.165, 1.54) is 23.6 Å². The molecule has 0 saturated heterocycles. The molecule has 2 aromatic carbocycles. The molecule has 2 heterocycles. The highest BCUT2D eigenvalue weighted by Gasteiger charge is 2.20. The van der Waals surface area contributed by atoms with Gasteiger partial charge in [0.1, 0.15) is 5.75 Å². The topological polar surface area (TPSA) is 131 Å². The lowest BCUT2D eigenvalue weighted by atomic mass is 10.2. The first-order chi connectivity index (χ1) is 12.5. The van der Waals surface area contributed by atoms with Gasteiger partial charge in [-0.15, -0.1) is 5.10 Å². The summed E-state index contributed by atoms with van der Waals surface area (Å²) >= 11 is 0. The lowest BCUT2D eigenvalue weighted by Gasteiger charge is -2.02. The summed E-state index contributed by atoms with van der Waals surface area (Å²) in [6.07, 6.45) is 0. The Morgan fingerprint density at radius 3 is 2.58 bits per heavy atom. The Morgan fingerprint density at radius 2 is 1.92 bits per heavy atom. The molecule has 10 heteroatoms. The zero-order valence-electron chi connectivity index (χ0n) is 13.5. The van der Waals surface area contributed by atoms with Gasteiger partial charge in [0.05, 0.1) is 23.2 Å². The second kappa shape index (κ2) is 5.55. The molecule has 10 nitrogen and oxygen atoms in total. The number of anilines is 1. The molecule has 0 radical (unpaired) electrons. The predicted molar refractivity (Wildman–Crippen MR) is 93.7 cm³/mol. The Balaban J connectivity index is 2.07. The van der Waals surface area contributed by atoms with Crippen LogP contribution in [0.4, 0.5) is 11.5 Å². The Labute approximate surface area is 145 Å². The van der Waals surface area contributed by atoms with Crippen LogP contribution in [0.15, 0.2) is 47.3 Å². The van der Waals surface area contributed by atoms with Crippen molar-refractivity contribution in [1.29, 1.82) is 0 Å². The Hall–Kier alpha value is -3.95. The highest BCUT2D eigenvalue weighted by atomic mass is 16.6. The summed E-state index contributed by atoms with van der Waals surface area (Å²) in [5.74, 6) is 0.559. The smallest absolute Gasteiger partial charge is 0.355 e. The molecular formula is C16H12N6O4. The molecule has 2 aromatic heterocycles. The number of benzene rings is 2. The summed E-state index contributed by atoms with van der Waals surface area (Å²) in [5.41, 5.74) is 6.07. The molecule has 0 unspecified atom stereocenters. The zero-order valence-corrected chi connectivity index (χ0v) is 13.5. The van der Waals surface area contributed by atoms with Crippen LogP contribution in [0.5, 0.6) is 5.75 Å². The van der Waals surface area contributed by atoms with Crippen molar-refractivity contribution < 1.29 is 9.66 Å². The van der Waals surface area contributed by atoms with Crippen molar-refractivity contribution >= 4 is 28.2 Å². The molecule has 0 aliphatic carbocycles. The van der Waals surface area contributed by atoms with E-state index < -0.39 is 10.6 Å². The molecule has 4 aromatic rings. The number of para-hydroxylation sites is 1. The number of nitro benzene ring substituents is 1. The number of ether oxygens (including phenoxy) is 1. The average molecular weight is 351 g/mol. The number of aromatic nitrogens is 4. The summed E-state index contributed by atoms with van der Waals surface area (Å²) in [6, 6.07) is 11.1. The molecule has 0 atom stereocenters. The van der Waals surface area contributed by atoms with E-state index in [1.807, 2.05) is 0 Å². The molecule has 0 spiro atoms. The van der Waals surface area contributed by atoms with Crippen molar-refractivity contribution in [3.8, 4) is 11.4 Å². The Kier molecular flexibility index (Phi) is 3.32. The molecule has 0 amide bonds. The van der Waals surface area contributed by atoms with Crippen LogP contribution < -0.4 is 16.2 Å². The normalized spacial score (nSPS) is 11.1. The monoisotopic (exact) mass is 351 g/mol. The summed E-state index contributed by atoms with van der Waals surface area (Å²) < 4.78 is 7.47. The highest BCUT2D eigenvalue weighted by molar-refractivity contribution is 5.88. The van der Waals surface area contributed by atoms with Crippen molar-refractivity contribution in [1.82, 2.24) is 19.2 Å². The minimum absolute atomic E-state index is 0.0267. The fourth-order valence-corrected chi connectivity index (χ4v) is 2.77. The summed E-state index contributed by atoms with van der Waals surface area (Å²) in [6.45, 7) is 0. The van der Waals surface area contributed by atoms with E-state index in [0.29, 0.717) is 11.4 Å². The van der Waals surface area contributed by atoms with Gasteiger partial charge in [-0.3, -0.25) is 10.1 Å². The number of nitrogens with zero attached hydrogens (tertiary/aromatic N) is 5. The molecule has 0 bridgehead atoms. The predicted octanol–water partition coefficient (Wildman–Crippen LogP) is 1.53. The average Bonchev–Trinajstić information content (AvgIpc) is 3.00. The first kappa shape index (κ1) is 15.6. The van der Waals surface area contributed by atoms with E-state index in [2.05, 4.69) is 10.1 Å². The molecule has 0 saturated carbocycles. The van der Waals surface area contributed by atoms with Crippen LogP contribution in [0, 0.1) is 10.1 Å². The van der Waals surface area contributed by atoms with Crippen molar-refractivity contribution in [2.24, 2.45) is 0 Å². The third-order valence-corrected chi connectivity index (χ3v) is 3.99. The van der Waals surface area contributed by atoms with Crippen LogP contribution >= 0.6 is 0 Å². The maximum Gasteiger partial charge on any atom is 0.355 e. The SMILES string of the molecule is [11CH3]Oc1ccc(-n2nc3c(N)nc4c([N+](=O)[O-])cccc4n3c2=O)cc1. The second-order valence-electron chi connectivity index (χ2n) is 5.45. The fraction of sp³-hybridized carbons (Fsp3) is 0.0625. The van der Waals surface area contributed by atoms with Crippen LogP contribution in [0.2, 0.25) is 0 Å². The zero-order chi connectivity index (χ0) is 18.4. The third-order valence-electron chi connectivity index (χ3n) is 3.99. The van der Waals surface area contributed by atoms with Gasteiger partial charge in [0.15, 0.2) is 11.3 Å². The van der Waals surface area contributed by atoms with Crippen molar-refractivity contribution in [3.63, 3.8) is 0 Å². The van der Waals surface area contributed by atoms with Crippen molar-refractivity contribution in [2.75, 3.05) is 12.8 Å². The van der Waals surface area contributed by atoms with Gasteiger partial charge < -0.3 is 10.5 Å². The number of nitrogen functional groups attached to an aromatic ring is 1. The van der Waals surface area contributed by atoms with E-state index in [4.69, 9.17) is 10.5 Å². The lowest BCUT2D eigenvalue weighted by molar-refractivity contribution is -0.383. The van der Waals surface area contributed by atoms with Crippen molar-refractivity contribution in [2.45, 2.75) is 0 Å². The number of methoxy groups -OCH3 is 1. The minimum atomic E-state index is -0.570. The number of hydrogen-bond acceptors (Lipinski definition) is 7. The van der Waals surface area contributed by atoms with Crippen LogP contribution in [-0.2, 0) is 0 Å². The van der Waals surface area contributed by atoms with Crippen molar-refractivity contribution in [3.05, 3.63) is 63.1 Å². The van der Waals surface area contributed by atoms with Crippen LogP contribution in [0.3, 0.4) is 0 Å². The number of nitro groups is 1. The number of hydrogen-bond donors (Lipinski definition) is 1. The van der Waals surface area contributed by atoms with Gasteiger partial charge in [-0.1, -0.05) is 6.07 Å². The number of non-ortho nitro benzene ring substituents is 1. The first-order valence-corrected chi connectivity index (χ1v) is 7.50. The van der Waals surface area contributed by atoms with Gasteiger partial charge in [-0.2, -0.15) is 4.68 Å². The minimum Gasteiger partial charge on any atom is -0.497 e. The molecule has 4 rings (SSSR count). The quantitative estimate of drug-likeness (QED) is 0.437. The molecular weight excluding hydrogens is 339 g/mol. The largest absolute Gasteiger partial charge is 0.497 e. The molecule has 0 fully saturated rings. The summed E-state index contributed by atoms with van der Waals surface area (Å²) in [7, 11) is 1.54. The van der Waals surface area contributed by atoms with Gasteiger partial charge in [0.25, 0.3) is 5.69 Å². The third kappa shape index (κ3) is 2.16. The van der Waals surface area contributed by atoms with E-state index in [0.717, 1.165) is 4.68 Å². The maximum absolute atomic E-state index is 12.9. The molecule has 2 N–H and O–H groups in total. The maximum atomic E-state index is 12.9. The standard InChI is InChI=1S/C16H12N6O4/c1-26-10-7-5-9(6-8-10)21-16(23)20-11-3-2-4-12(22(24)25)13(11)18-14(17)15(20)19-21/h2-8H,1H3,(H2,17,18)/i1-1. The van der Waals surface area contributed by atoms with E-state index in [-0.39, 0.29) is 28.2 Å². The second-order valence-corrected chi connectivity index (χ2v) is 5.45. The Morgan fingerprint density at radius 1 is 1.19 bits per heavy atom. The van der Waals surface area contributed by atoms with Crippen LogP contribution in [0.25, 0.3) is 22.4 Å². The first-order valence-electron chi connectivity index (χ1n) is 7.50. The number of fused-ring (bicyclic) bond motifs is 3. The van der Waals surface area contributed by atoms with E-state index >= 15 is 0 Å². The van der Waals surface area contributed by atoms with Gasteiger partial charge in [-0.25, -0.2) is 14.2 Å². The van der Waals surface area contributed by atoms with Gasteiger partial charge >= 0.3 is 5.69 Å². The van der Waals surface area contributed by atoms with E-state index in [1.54, 1.807) is 30.3 Å². The summed E-state index contributed by atoms with van der Waals surface area (Å²) in [5, 5.41) is 15.5. The molecule has 130 valence electrons. The lowest BCUT2D eigenvalue weighted by Crippen LogP contribution is -2.20. The molecule has 0 aliphatic rings. The highest BCUT2D eigenvalue weighted by Crippen LogP contribution is 2.25.